The summed E-state index contributed by atoms with van der Waals surface area (Å²) in [7, 11) is 1.41. The van der Waals surface area contributed by atoms with Gasteiger partial charge in [-0.1, -0.05) is 25.8 Å². The molecule has 1 saturated carbocycles. The minimum absolute atomic E-state index is 0.0913. The summed E-state index contributed by atoms with van der Waals surface area (Å²) in [5, 5.41) is 0. The second-order valence-corrected chi connectivity index (χ2v) is 4.92. The molecule has 1 aliphatic rings. The Morgan fingerprint density at radius 1 is 1.35 bits per heavy atom. The number of benzene rings is 1. The Bertz CT molecular complexity index is 434. The number of methoxy groups -OCH3 is 1. The van der Waals surface area contributed by atoms with Crippen molar-refractivity contribution >= 4 is 5.78 Å². The van der Waals surface area contributed by atoms with Gasteiger partial charge in [-0.05, 0) is 25.0 Å². The highest BCUT2D eigenvalue weighted by Gasteiger charge is 2.38. The maximum Gasteiger partial charge on any atom is 0.175 e. The molecule has 2 nitrogen and oxygen atoms in total. The van der Waals surface area contributed by atoms with Crippen LogP contribution in [0.25, 0.3) is 0 Å². The number of carbonyl (C=O) groups excluding carboxylic acids is 1. The Hall–Kier alpha value is -1.38. The summed E-state index contributed by atoms with van der Waals surface area (Å²) in [6.07, 6.45) is 3.80. The Morgan fingerprint density at radius 3 is 2.59 bits per heavy atom. The highest BCUT2D eigenvalue weighted by molar-refractivity contribution is 6.01. The van der Waals surface area contributed by atoms with Crippen LogP contribution in [0.1, 0.15) is 43.0 Å². The quantitative estimate of drug-likeness (QED) is 0.749. The normalized spacial score (nSPS) is 18.1. The molecule has 0 spiro atoms. The third kappa shape index (κ3) is 2.06. The van der Waals surface area contributed by atoms with Gasteiger partial charge < -0.3 is 4.74 Å². The topological polar surface area (TPSA) is 26.3 Å². The van der Waals surface area contributed by atoms with E-state index >= 15 is 0 Å². The minimum atomic E-state index is -0.534. The number of halogens is 1. The van der Waals surface area contributed by atoms with Gasteiger partial charge in [0.05, 0.1) is 12.7 Å². The van der Waals surface area contributed by atoms with Crippen LogP contribution in [0, 0.1) is 11.2 Å². The molecular formula is C14H17FO2. The van der Waals surface area contributed by atoms with Crippen LogP contribution in [0.4, 0.5) is 4.39 Å². The highest BCUT2D eigenvalue weighted by Crippen LogP contribution is 2.41. The van der Waals surface area contributed by atoms with E-state index in [4.69, 9.17) is 4.74 Å². The number of ether oxygens (including phenoxy) is 1. The largest absolute Gasteiger partial charge is 0.494 e. The molecule has 0 aromatic heterocycles. The molecule has 3 heteroatoms. The summed E-state index contributed by atoms with van der Waals surface area (Å²) >= 11 is 0. The summed E-state index contributed by atoms with van der Waals surface area (Å²) in [4.78, 5) is 12.4. The number of hydrogen-bond acceptors (Lipinski definition) is 2. The molecule has 1 aromatic carbocycles. The van der Waals surface area contributed by atoms with Gasteiger partial charge in [0.1, 0.15) is 0 Å². The van der Waals surface area contributed by atoms with Crippen LogP contribution in [0.5, 0.6) is 5.75 Å². The van der Waals surface area contributed by atoms with Crippen molar-refractivity contribution in [2.75, 3.05) is 7.11 Å². The maximum absolute atomic E-state index is 14.0. The third-order valence-electron chi connectivity index (χ3n) is 3.68. The Labute approximate surface area is 101 Å². The molecule has 1 fully saturated rings. The first-order chi connectivity index (χ1) is 8.08. The van der Waals surface area contributed by atoms with Crippen molar-refractivity contribution in [3.63, 3.8) is 0 Å². The molecule has 0 unspecified atom stereocenters. The summed E-state index contributed by atoms with van der Waals surface area (Å²) in [5.74, 6) is -0.489. The fourth-order valence-electron chi connectivity index (χ4n) is 2.55. The van der Waals surface area contributed by atoms with Gasteiger partial charge >= 0.3 is 0 Å². The summed E-state index contributed by atoms with van der Waals surface area (Å²) in [6.45, 7) is 1.93. The lowest BCUT2D eigenvalue weighted by Gasteiger charge is -2.22. The molecule has 0 saturated heterocycles. The average Bonchev–Trinajstić information content (AvgIpc) is 2.77. The molecule has 0 aliphatic heterocycles. The van der Waals surface area contributed by atoms with Crippen molar-refractivity contribution in [3.05, 3.63) is 29.6 Å². The number of ketones is 1. The van der Waals surface area contributed by atoms with E-state index in [2.05, 4.69) is 0 Å². The second kappa shape index (κ2) is 4.47. The van der Waals surface area contributed by atoms with Crippen LogP contribution >= 0.6 is 0 Å². The molecule has 1 aromatic rings. The van der Waals surface area contributed by atoms with Crippen molar-refractivity contribution in [2.24, 2.45) is 5.41 Å². The number of carbonyl (C=O) groups is 1. The molecule has 17 heavy (non-hydrogen) atoms. The summed E-state index contributed by atoms with van der Waals surface area (Å²) in [6, 6.07) is 4.74. The van der Waals surface area contributed by atoms with Crippen LogP contribution in [-0.4, -0.2) is 12.9 Å². The van der Waals surface area contributed by atoms with Crippen LogP contribution in [-0.2, 0) is 0 Å². The van der Waals surface area contributed by atoms with E-state index < -0.39 is 11.2 Å². The molecule has 92 valence electrons. The summed E-state index contributed by atoms with van der Waals surface area (Å²) < 4.78 is 18.9. The van der Waals surface area contributed by atoms with Gasteiger partial charge in [-0.2, -0.15) is 0 Å². The van der Waals surface area contributed by atoms with Gasteiger partial charge in [0.25, 0.3) is 0 Å². The van der Waals surface area contributed by atoms with E-state index in [0.717, 1.165) is 25.7 Å². The number of rotatable bonds is 3. The number of Topliss-reactive ketones (excluding diaryl/α,β-unsaturated/α-hetero) is 1. The van der Waals surface area contributed by atoms with E-state index in [9.17, 15) is 9.18 Å². The van der Waals surface area contributed by atoms with E-state index in [0.29, 0.717) is 0 Å². The lowest BCUT2D eigenvalue weighted by atomic mass is 9.80. The van der Waals surface area contributed by atoms with Crippen LogP contribution in [0.2, 0.25) is 0 Å². The Kier molecular flexibility index (Phi) is 3.18. The van der Waals surface area contributed by atoms with Crippen molar-refractivity contribution in [3.8, 4) is 5.75 Å². The van der Waals surface area contributed by atoms with Gasteiger partial charge in [0.2, 0.25) is 0 Å². The predicted octanol–water partition coefficient (Wildman–Crippen LogP) is 3.60. The van der Waals surface area contributed by atoms with E-state index in [-0.39, 0.29) is 17.1 Å². The van der Waals surface area contributed by atoms with Crippen LogP contribution < -0.4 is 4.74 Å². The zero-order chi connectivity index (χ0) is 12.5. The maximum atomic E-state index is 14.0. The van der Waals surface area contributed by atoms with Crippen molar-refractivity contribution in [1.82, 2.24) is 0 Å². The molecule has 0 radical (unpaired) electrons. The first kappa shape index (κ1) is 12.1. The van der Waals surface area contributed by atoms with E-state index in [1.54, 1.807) is 12.1 Å². The predicted molar refractivity (Wildman–Crippen MR) is 63.9 cm³/mol. The fourth-order valence-corrected chi connectivity index (χ4v) is 2.55. The fraction of sp³-hybridized carbons (Fsp3) is 0.500. The van der Waals surface area contributed by atoms with E-state index in [1.165, 1.54) is 13.2 Å². The van der Waals surface area contributed by atoms with Crippen molar-refractivity contribution < 1.29 is 13.9 Å². The standard InChI is InChI=1S/C14H17FO2/c1-14(8-3-4-9-14)13(16)10-6-5-7-11(17-2)12(10)15/h5-7H,3-4,8-9H2,1-2H3. The first-order valence-corrected chi connectivity index (χ1v) is 5.96. The third-order valence-corrected chi connectivity index (χ3v) is 3.68. The summed E-state index contributed by atoms with van der Waals surface area (Å²) in [5.41, 5.74) is -0.235. The molecule has 1 aliphatic carbocycles. The zero-order valence-corrected chi connectivity index (χ0v) is 10.3. The SMILES string of the molecule is COc1cccc(C(=O)C2(C)CCCC2)c1F. The number of hydrogen-bond donors (Lipinski definition) is 0. The molecule has 0 heterocycles. The monoisotopic (exact) mass is 236 g/mol. The van der Waals surface area contributed by atoms with Crippen LogP contribution in [0.3, 0.4) is 0 Å². The Morgan fingerprint density at radius 2 is 2.00 bits per heavy atom. The Balaban J connectivity index is 2.37. The molecule has 2 rings (SSSR count). The first-order valence-electron chi connectivity index (χ1n) is 5.96. The average molecular weight is 236 g/mol. The molecule has 0 amide bonds. The molecule has 0 N–H and O–H groups in total. The zero-order valence-electron chi connectivity index (χ0n) is 10.3. The second-order valence-electron chi connectivity index (χ2n) is 4.92. The molecular weight excluding hydrogens is 219 g/mol. The van der Waals surface area contributed by atoms with Gasteiger partial charge in [-0.15, -0.1) is 0 Å². The lowest BCUT2D eigenvalue weighted by Crippen LogP contribution is -2.25. The van der Waals surface area contributed by atoms with Crippen LogP contribution in [0.15, 0.2) is 18.2 Å². The van der Waals surface area contributed by atoms with Gasteiger partial charge in [-0.3, -0.25) is 4.79 Å². The van der Waals surface area contributed by atoms with Crippen molar-refractivity contribution in [2.45, 2.75) is 32.6 Å². The minimum Gasteiger partial charge on any atom is -0.494 e. The van der Waals surface area contributed by atoms with Crippen molar-refractivity contribution in [1.29, 1.82) is 0 Å². The molecule has 0 atom stereocenters. The lowest BCUT2D eigenvalue weighted by molar-refractivity contribution is 0.0818. The smallest absolute Gasteiger partial charge is 0.175 e. The van der Waals surface area contributed by atoms with Gasteiger partial charge in [0, 0.05) is 5.41 Å². The molecule has 0 bridgehead atoms. The van der Waals surface area contributed by atoms with E-state index in [1.807, 2.05) is 6.92 Å². The van der Waals surface area contributed by atoms with Gasteiger partial charge in [0.15, 0.2) is 17.3 Å². The van der Waals surface area contributed by atoms with Gasteiger partial charge in [-0.25, -0.2) is 4.39 Å². The highest BCUT2D eigenvalue weighted by atomic mass is 19.1.